The maximum Gasteiger partial charge on any atom is 0.241 e. The Balaban J connectivity index is 0.00000341. The Kier molecular flexibility index (Phi) is 9.70. The summed E-state index contributed by atoms with van der Waals surface area (Å²) in [5.41, 5.74) is 2.01. The third kappa shape index (κ3) is 6.90. The topological polar surface area (TPSA) is 75.2 Å². The van der Waals surface area contributed by atoms with E-state index in [0.717, 1.165) is 23.3 Å². The van der Waals surface area contributed by atoms with Crippen LogP contribution in [0.4, 0.5) is 0 Å². The first-order valence-corrected chi connectivity index (χ1v) is 10.1. The molecule has 7 nitrogen and oxygen atoms in total. The number of amides is 1. The fraction of sp³-hybridized carbons (Fsp3) is 0.364. The second-order valence-corrected chi connectivity index (χ2v) is 7.55. The highest BCUT2D eigenvalue weighted by Gasteiger charge is 2.22. The minimum Gasteiger partial charge on any atom is -0.495 e. The zero-order valence-corrected chi connectivity index (χ0v) is 20.9. The highest BCUT2D eigenvalue weighted by molar-refractivity contribution is 14.0. The Labute approximate surface area is 205 Å². The number of carbonyl (C=O) groups excluding carboxylic acids is 1. The predicted molar refractivity (Wildman–Crippen MR) is 134 cm³/mol. The zero-order chi connectivity index (χ0) is 21.5. The molecule has 9 heteroatoms. The van der Waals surface area contributed by atoms with Crippen LogP contribution in [0.1, 0.15) is 23.6 Å². The maximum atomic E-state index is 12.1. The van der Waals surface area contributed by atoms with E-state index < -0.39 is 0 Å². The van der Waals surface area contributed by atoms with Crippen molar-refractivity contribution in [2.24, 2.45) is 4.99 Å². The molecule has 0 saturated carbocycles. The largest absolute Gasteiger partial charge is 0.495 e. The molecular formula is C22H28ClIN4O3. The molecule has 1 aliphatic rings. The normalized spacial score (nSPS) is 15.1. The number of guanidine groups is 1. The molecule has 0 saturated heterocycles. The fourth-order valence-corrected chi connectivity index (χ4v) is 3.39. The molecule has 0 aliphatic carbocycles. The van der Waals surface area contributed by atoms with E-state index in [0.29, 0.717) is 29.9 Å². The Morgan fingerprint density at radius 3 is 2.77 bits per heavy atom. The van der Waals surface area contributed by atoms with Crippen LogP contribution in [0.5, 0.6) is 11.5 Å². The van der Waals surface area contributed by atoms with Crippen molar-refractivity contribution in [2.75, 3.05) is 34.4 Å². The van der Waals surface area contributed by atoms with E-state index in [2.05, 4.69) is 15.6 Å². The Bertz CT molecular complexity index is 923. The SMILES string of the molecule is COc1ccc(CN=C(NCC(=O)N(C)C)NC2CCOc3ccccc32)cc1Cl.I. The molecule has 168 valence electrons. The lowest BCUT2D eigenvalue weighted by Gasteiger charge is -2.28. The van der Waals surface area contributed by atoms with Crippen molar-refractivity contribution in [1.82, 2.24) is 15.5 Å². The number of fused-ring (bicyclic) bond motifs is 1. The number of ether oxygens (including phenoxy) is 2. The molecule has 1 atom stereocenters. The fourth-order valence-electron chi connectivity index (χ4n) is 3.11. The van der Waals surface area contributed by atoms with Crippen LogP contribution in [0.25, 0.3) is 0 Å². The van der Waals surface area contributed by atoms with Crippen LogP contribution in [0.3, 0.4) is 0 Å². The number of halogens is 2. The highest BCUT2D eigenvalue weighted by Crippen LogP contribution is 2.31. The Hall–Kier alpha value is -2.20. The number of hydrogen-bond donors (Lipinski definition) is 2. The summed E-state index contributed by atoms with van der Waals surface area (Å²) in [6.07, 6.45) is 0.799. The van der Waals surface area contributed by atoms with E-state index in [4.69, 9.17) is 21.1 Å². The van der Waals surface area contributed by atoms with Crippen molar-refractivity contribution in [3.05, 3.63) is 58.6 Å². The summed E-state index contributed by atoms with van der Waals surface area (Å²) in [6, 6.07) is 13.5. The van der Waals surface area contributed by atoms with E-state index >= 15 is 0 Å². The van der Waals surface area contributed by atoms with Crippen molar-refractivity contribution in [3.8, 4) is 11.5 Å². The van der Waals surface area contributed by atoms with Gasteiger partial charge in [0.25, 0.3) is 0 Å². The molecule has 1 heterocycles. The van der Waals surface area contributed by atoms with Gasteiger partial charge in [0, 0.05) is 26.1 Å². The van der Waals surface area contributed by atoms with Gasteiger partial charge in [-0.2, -0.15) is 0 Å². The van der Waals surface area contributed by atoms with Crippen molar-refractivity contribution in [3.63, 3.8) is 0 Å². The molecule has 0 bridgehead atoms. The van der Waals surface area contributed by atoms with Crippen molar-refractivity contribution >= 4 is 47.4 Å². The third-order valence-corrected chi connectivity index (χ3v) is 5.11. The van der Waals surface area contributed by atoms with Gasteiger partial charge in [-0.3, -0.25) is 4.79 Å². The quantitative estimate of drug-likeness (QED) is 0.322. The lowest BCUT2D eigenvalue weighted by Crippen LogP contribution is -2.45. The van der Waals surface area contributed by atoms with E-state index in [1.807, 2.05) is 42.5 Å². The average molecular weight is 559 g/mol. The number of likely N-dealkylation sites (N-methyl/N-ethyl adjacent to an activating group) is 1. The van der Waals surface area contributed by atoms with Crippen LogP contribution in [0.2, 0.25) is 5.02 Å². The van der Waals surface area contributed by atoms with Gasteiger partial charge in [-0.1, -0.05) is 35.9 Å². The van der Waals surface area contributed by atoms with E-state index in [-0.39, 0.29) is 42.5 Å². The van der Waals surface area contributed by atoms with Gasteiger partial charge in [0.1, 0.15) is 11.5 Å². The van der Waals surface area contributed by atoms with E-state index in [9.17, 15) is 4.79 Å². The standard InChI is InChI=1S/C22H27ClN4O3.HI/c1-27(2)21(28)14-25-22(24-13-15-8-9-20(29-3)17(23)12-15)26-18-10-11-30-19-7-5-4-6-16(18)19;/h4-9,12,18H,10-11,13-14H2,1-3H3,(H2,24,25,26);1H. The van der Waals surface area contributed by atoms with Crippen LogP contribution in [-0.4, -0.2) is 51.1 Å². The molecule has 1 unspecified atom stereocenters. The van der Waals surface area contributed by atoms with E-state index in [1.165, 1.54) is 4.90 Å². The molecule has 2 aromatic rings. The summed E-state index contributed by atoms with van der Waals surface area (Å²) in [4.78, 5) is 18.3. The first-order chi connectivity index (χ1) is 14.5. The van der Waals surface area contributed by atoms with E-state index in [1.54, 1.807) is 21.2 Å². The number of nitrogens with zero attached hydrogens (tertiary/aromatic N) is 2. The third-order valence-electron chi connectivity index (χ3n) is 4.81. The molecule has 0 radical (unpaired) electrons. The molecule has 3 rings (SSSR count). The van der Waals surface area contributed by atoms with Gasteiger partial charge >= 0.3 is 0 Å². The van der Waals surface area contributed by atoms with Gasteiger partial charge in [-0.15, -0.1) is 24.0 Å². The molecule has 0 aromatic heterocycles. The number of rotatable bonds is 6. The molecule has 0 fully saturated rings. The lowest BCUT2D eigenvalue weighted by molar-refractivity contribution is -0.127. The van der Waals surface area contributed by atoms with Gasteiger partial charge < -0.3 is 25.0 Å². The first kappa shape index (κ1) is 25.1. The zero-order valence-electron chi connectivity index (χ0n) is 17.9. The number of nitrogens with one attached hydrogen (secondary N) is 2. The van der Waals surface area contributed by atoms with Gasteiger partial charge in [0.15, 0.2) is 5.96 Å². The smallest absolute Gasteiger partial charge is 0.241 e. The van der Waals surface area contributed by atoms with Gasteiger partial charge in [0.2, 0.25) is 5.91 Å². The lowest BCUT2D eigenvalue weighted by atomic mass is 10.0. The van der Waals surface area contributed by atoms with Crippen LogP contribution < -0.4 is 20.1 Å². The second-order valence-electron chi connectivity index (χ2n) is 7.15. The molecule has 2 N–H and O–H groups in total. The summed E-state index contributed by atoms with van der Waals surface area (Å²) in [6.45, 7) is 1.17. The molecule has 0 spiro atoms. The monoisotopic (exact) mass is 558 g/mol. The summed E-state index contributed by atoms with van der Waals surface area (Å²) in [5.74, 6) is 2.01. The Morgan fingerprint density at radius 1 is 1.29 bits per heavy atom. The molecule has 1 amide bonds. The van der Waals surface area contributed by atoms with Crippen LogP contribution in [0, 0.1) is 0 Å². The van der Waals surface area contributed by atoms with Gasteiger partial charge in [-0.25, -0.2) is 4.99 Å². The molecule has 2 aromatic carbocycles. The van der Waals surface area contributed by atoms with Gasteiger partial charge in [0.05, 0.1) is 37.9 Å². The number of benzene rings is 2. The van der Waals surface area contributed by atoms with Crippen LogP contribution >= 0.6 is 35.6 Å². The second kappa shape index (κ2) is 12.0. The number of para-hydroxylation sites is 1. The summed E-state index contributed by atoms with van der Waals surface area (Å²) in [5, 5.41) is 7.12. The number of methoxy groups -OCH3 is 1. The van der Waals surface area contributed by atoms with Crippen molar-refractivity contribution in [1.29, 1.82) is 0 Å². The minimum absolute atomic E-state index is 0. The summed E-state index contributed by atoms with van der Waals surface area (Å²) < 4.78 is 10.9. The van der Waals surface area contributed by atoms with Gasteiger partial charge in [-0.05, 0) is 23.8 Å². The Morgan fingerprint density at radius 2 is 2.06 bits per heavy atom. The molecular weight excluding hydrogens is 531 g/mol. The van der Waals surface area contributed by atoms with Crippen LogP contribution in [-0.2, 0) is 11.3 Å². The molecule has 1 aliphatic heterocycles. The summed E-state index contributed by atoms with van der Waals surface area (Å²) in [7, 11) is 5.03. The maximum absolute atomic E-state index is 12.1. The summed E-state index contributed by atoms with van der Waals surface area (Å²) >= 11 is 6.23. The van der Waals surface area contributed by atoms with Crippen molar-refractivity contribution in [2.45, 2.75) is 19.0 Å². The number of aliphatic imine (C=N–C) groups is 1. The highest BCUT2D eigenvalue weighted by atomic mass is 127. The number of carbonyl (C=O) groups is 1. The van der Waals surface area contributed by atoms with Crippen LogP contribution in [0.15, 0.2) is 47.5 Å². The average Bonchev–Trinajstić information content (AvgIpc) is 2.75. The first-order valence-electron chi connectivity index (χ1n) is 9.77. The van der Waals surface area contributed by atoms with Crippen molar-refractivity contribution < 1.29 is 14.3 Å². The predicted octanol–water partition coefficient (Wildman–Crippen LogP) is 3.61. The molecule has 31 heavy (non-hydrogen) atoms. The number of hydrogen-bond acceptors (Lipinski definition) is 4. The minimum atomic E-state index is -0.0376.